The molecule has 2 aromatic heterocycles. The molecule has 3 nitrogen and oxygen atoms in total. The van der Waals surface area contributed by atoms with Crippen LogP contribution in [0.2, 0.25) is 0 Å². The van der Waals surface area contributed by atoms with Gasteiger partial charge in [0.15, 0.2) is 0 Å². The second kappa shape index (κ2) is 3.53. The lowest BCUT2D eigenvalue weighted by atomic mass is 10.2. The Bertz CT molecular complexity index is 412. The van der Waals surface area contributed by atoms with Crippen LogP contribution in [0.5, 0.6) is 0 Å². The van der Waals surface area contributed by atoms with Crippen molar-refractivity contribution in [3.8, 4) is 11.4 Å². The molecule has 0 fully saturated rings. The summed E-state index contributed by atoms with van der Waals surface area (Å²) in [5.41, 5.74) is 0.880. The summed E-state index contributed by atoms with van der Waals surface area (Å²) < 4.78 is 24.6. The number of aromatic amines is 1. The summed E-state index contributed by atoms with van der Waals surface area (Å²) in [6.07, 6.45) is -0.996. The highest BCUT2D eigenvalue weighted by Crippen LogP contribution is 2.20. The molecule has 0 saturated heterocycles. The van der Waals surface area contributed by atoms with E-state index in [1.807, 2.05) is 0 Å². The Morgan fingerprint density at radius 2 is 2.07 bits per heavy atom. The number of nitrogens with one attached hydrogen (secondary N) is 1. The molecule has 0 aliphatic carbocycles. The normalized spacial score (nSPS) is 10.8. The van der Waals surface area contributed by atoms with Crippen LogP contribution in [0.15, 0.2) is 30.5 Å². The Morgan fingerprint density at radius 1 is 1.21 bits per heavy atom. The second-order valence-electron chi connectivity index (χ2n) is 2.72. The number of pyridine rings is 1. The molecule has 0 unspecified atom stereocenters. The highest BCUT2D eigenvalue weighted by molar-refractivity contribution is 5.53. The van der Waals surface area contributed by atoms with Gasteiger partial charge in [-0.25, -0.2) is 13.8 Å². The van der Waals surface area contributed by atoms with Crippen molar-refractivity contribution in [1.29, 1.82) is 0 Å². The number of alkyl halides is 2. The molecule has 72 valence electrons. The minimum Gasteiger partial charge on any atom is -0.276 e. The molecule has 0 atom stereocenters. The average Bonchev–Trinajstić information content (AvgIpc) is 2.71. The van der Waals surface area contributed by atoms with Crippen molar-refractivity contribution in [3.63, 3.8) is 0 Å². The van der Waals surface area contributed by atoms with E-state index in [9.17, 15) is 8.78 Å². The molecule has 0 aliphatic heterocycles. The first-order valence-corrected chi connectivity index (χ1v) is 4.02. The van der Waals surface area contributed by atoms with Crippen molar-refractivity contribution in [2.45, 2.75) is 6.43 Å². The molecule has 0 amide bonds. The number of nitrogens with zero attached hydrogens (tertiary/aromatic N) is 2. The maximum Gasteiger partial charge on any atom is 0.280 e. The molecule has 0 aliphatic rings. The minimum atomic E-state index is -2.54. The van der Waals surface area contributed by atoms with Gasteiger partial charge in [-0.3, -0.25) is 5.10 Å². The molecule has 0 radical (unpaired) electrons. The molecule has 0 bridgehead atoms. The van der Waals surface area contributed by atoms with Crippen LogP contribution in [0.4, 0.5) is 8.78 Å². The van der Waals surface area contributed by atoms with Gasteiger partial charge in [0.1, 0.15) is 5.69 Å². The monoisotopic (exact) mass is 195 g/mol. The average molecular weight is 195 g/mol. The third-order valence-electron chi connectivity index (χ3n) is 1.77. The molecule has 0 aromatic carbocycles. The van der Waals surface area contributed by atoms with Gasteiger partial charge in [0.2, 0.25) is 0 Å². The molecule has 5 heteroatoms. The molecule has 2 rings (SSSR count). The van der Waals surface area contributed by atoms with Gasteiger partial charge in [-0.05, 0) is 18.2 Å². The van der Waals surface area contributed by atoms with Crippen LogP contribution in [-0.4, -0.2) is 15.2 Å². The zero-order valence-electron chi connectivity index (χ0n) is 7.11. The van der Waals surface area contributed by atoms with Gasteiger partial charge >= 0.3 is 0 Å². The van der Waals surface area contributed by atoms with E-state index in [4.69, 9.17) is 0 Å². The van der Waals surface area contributed by atoms with Crippen LogP contribution in [-0.2, 0) is 0 Å². The number of hydrogen-bond donors (Lipinski definition) is 1. The van der Waals surface area contributed by atoms with Crippen molar-refractivity contribution < 1.29 is 8.78 Å². The minimum absolute atomic E-state index is 0.225. The van der Waals surface area contributed by atoms with Crippen LogP contribution in [0, 0.1) is 0 Å². The summed E-state index contributed by atoms with van der Waals surface area (Å²) in [4.78, 5) is 3.79. The molecule has 2 heterocycles. The van der Waals surface area contributed by atoms with Gasteiger partial charge < -0.3 is 0 Å². The third-order valence-corrected chi connectivity index (χ3v) is 1.77. The first-order valence-electron chi connectivity index (χ1n) is 4.02. The van der Waals surface area contributed by atoms with Crippen molar-refractivity contribution in [2.75, 3.05) is 0 Å². The highest BCUT2D eigenvalue weighted by Gasteiger charge is 2.09. The standard InChI is InChI=1S/C9H7F2N3/c10-9(11)8-3-1-2-6(13-8)7-4-5-12-14-7/h1-5,9H,(H,12,14). The number of H-pyrrole nitrogens is 1. The van der Waals surface area contributed by atoms with Crippen molar-refractivity contribution in [2.24, 2.45) is 0 Å². The van der Waals surface area contributed by atoms with Crippen LogP contribution < -0.4 is 0 Å². The fourth-order valence-electron chi connectivity index (χ4n) is 1.12. The zero-order chi connectivity index (χ0) is 9.97. The first kappa shape index (κ1) is 8.80. The number of halogens is 2. The number of rotatable bonds is 2. The van der Waals surface area contributed by atoms with Gasteiger partial charge in [-0.15, -0.1) is 0 Å². The number of aromatic nitrogens is 3. The third kappa shape index (κ3) is 1.61. The summed E-state index contributed by atoms with van der Waals surface area (Å²) in [6, 6.07) is 6.17. The van der Waals surface area contributed by atoms with Crippen molar-refractivity contribution >= 4 is 0 Å². The van der Waals surface area contributed by atoms with E-state index in [1.54, 1.807) is 24.4 Å². The lowest BCUT2D eigenvalue weighted by Gasteiger charge is -2.00. The largest absolute Gasteiger partial charge is 0.280 e. The molecule has 1 N–H and O–H groups in total. The fourth-order valence-corrected chi connectivity index (χ4v) is 1.12. The molecular formula is C9H7F2N3. The van der Waals surface area contributed by atoms with E-state index < -0.39 is 6.43 Å². The summed E-state index contributed by atoms with van der Waals surface area (Å²) in [5, 5.41) is 6.38. The van der Waals surface area contributed by atoms with E-state index in [1.165, 1.54) is 6.07 Å². The van der Waals surface area contributed by atoms with Gasteiger partial charge in [0, 0.05) is 6.20 Å². The Hall–Kier alpha value is -1.78. The van der Waals surface area contributed by atoms with Gasteiger partial charge in [0.05, 0.1) is 11.4 Å². The van der Waals surface area contributed by atoms with Crippen molar-refractivity contribution in [3.05, 3.63) is 36.2 Å². The Kier molecular flexibility index (Phi) is 2.22. The van der Waals surface area contributed by atoms with E-state index >= 15 is 0 Å². The maximum atomic E-state index is 12.3. The first-order chi connectivity index (χ1) is 6.77. The molecule has 0 spiro atoms. The zero-order valence-corrected chi connectivity index (χ0v) is 7.11. The molecular weight excluding hydrogens is 188 g/mol. The molecule has 2 aromatic rings. The van der Waals surface area contributed by atoms with Gasteiger partial charge in [0.25, 0.3) is 6.43 Å². The van der Waals surface area contributed by atoms with E-state index in [0.717, 1.165) is 0 Å². The maximum absolute atomic E-state index is 12.3. The number of hydrogen-bond acceptors (Lipinski definition) is 2. The van der Waals surface area contributed by atoms with E-state index in [0.29, 0.717) is 11.4 Å². The van der Waals surface area contributed by atoms with Crippen molar-refractivity contribution in [1.82, 2.24) is 15.2 Å². The van der Waals surface area contributed by atoms with Gasteiger partial charge in [-0.2, -0.15) is 5.10 Å². The van der Waals surface area contributed by atoms with Crippen LogP contribution in [0.25, 0.3) is 11.4 Å². The summed E-state index contributed by atoms with van der Waals surface area (Å²) in [6.45, 7) is 0. The van der Waals surface area contributed by atoms with E-state index in [-0.39, 0.29) is 5.69 Å². The fraction of sp³-hybridized carbons (Fsp3) is 0.111. The Morgan fingerprint density at radius 3 is 2.71 bits per heavy atom. The predicted molar refractivity (Wildman–Crippen MR) is 46.8 cm³/mol. The summed E-state index contributed by atoms with van der Waals surface area (Å²) in [5.74, 6) is 0. The second-order valence-corrected chi connectivity index (χ2v) is 2.72. The topological polar surface area (TPSA) is 41.6 Å². The van der Waals surface area contributed by atoms with Gasteiger partial charge in [-0.1, -0.05) is 6.07 Å². The van der Waals surface area contributed by atoms with Crippen LogP contribution in [0.1, 0.15) is 12.1 Å². The molecule has 14 heavy (non-hydrogen) atoms. The lowest BCUT2D eigenvalue weighted by molar-refractivity contribution is 0.146. The SMILES string of the molecule is FC(F)c1cccc(-c2ccn[nH]2)n1. The lowest BCUT2D eigenvalue weighted by Crippen LogP contribution is -1.92. The summed E-state index contributed by atoms with van der Waals surface area (Å²) >= 11 is 0. The Balaban J connectivity index is 2.41. The van der Waals surface area contributed by atoms with Crippen LogP contribution >= 0.6 is 0 Å². The quantitative estimate of drug-likeness (QED) is 0.799. The smallest absolute Gasteiger partial charge is 0.276 e. The Labute approximate surface area is 78.8 Å². The molecule has 0 saturated carbocycles. The van der Waals surface area contributed by atoms with E-state index in [2.05, 4.69) is 15.2 Å². The predicted octanol–water partition coefficient (Wildman–Crippen LogP) is 2.41. The highest BCUT2D eigenvalue weighted by atomic mass is 19.3. The summed E-state index contributed by atoms with van der Waals surface area (Å²) in [7, 11) is 0. The van der Waals surface area contributed by atoms with Crippen LogP contribution in [0.3, 0.4) is 0 Å².